The average molecular weight is 409 g/mol. The number of alkyl halides is 3. The van der Waals surface area contributed by atoms with Crippen molar-refractivity contribution in [3.63, 3.8) is 0 Å². The Balaban J connectivity index is 1.81. The number of nitrogens with zero attached hydrogens (tertiary/aromatic N) is 2. The van der Waals surface area contributed by atoms with E-state index in [9.17, 15) is 21.6 Å². The third-order valence-corrected chi connectivity index (χ3v) is 7.30. The Kier molecular flexibility index (Phi) is 6.17. The molecular weight excluding hydrogens is 383 g/mol. The minimum atomic E-state index is -3.60. The van der Waals surface area contributed by atoms with Crippen LogP contribution < -0.4 is 5.14 Å². The lowest BCUT2D eigenvalue weighted by molar-refractivity contribution is -0.000650. The summed E-state index contributed by atoms with van der Waals surface area (Å²) in [5, 5.41) is 8.71. The number of primary sulfonamides is 1. The molecule has 0 aromatic carbocycles. The lowest BCUT2D eigenvalue weighted by atomic mass is 9.83. The largest absolute Gasteiger partial charge is 0.378 e. The summed E-state index contributed by atoms with van der Waals surface area (Å²) in [5.41, 5.74) is 0.296. The van der Waals surface area contributed by atoms with Crippen LogP contribution in [-0.4, -0.2) is 42.8 Å². The molecule has 6 nitrogen and oxygen atoms in total. The molecule has 0 amide bonds. The summed E-state index contributed by atoms with van der Waals surface area (Å²) >= 11 is 0. The summed E-state index contributed by atoms with van der Waals surface area (Å²) in [6.07, 6.45) is -1.22. The molecule has 27 heavy (non-hydrogen) atoms. The van der Waals surface area contributed by atoms with Crippen molar-refractivity contribution in [3.8, 4) is 0 Å². The molecule has 2 aliphatic rings. The number of halogens is 3. The van der Waals surface area contributed by atoms with Gasteiger partial charge in [0.15, 0.2) is 0 Å². The topological polar surface area (TPSA) is 87.2 Å². The molecule has 3 unspecified atom stereocenters. The summed E-state index contributed by atoms with van der Waals surface area (Å²) in [5.74, 6) is -0.206. The molecule has 0 bridgehead atoms. The normalized spacial score (nSPS) is 32.7. The molecular formula is C17H26F3N3O3S. The minimum absolute atomic E-state index is 0.177. The summed E-state index contributed by atoms with van der Waals surface area (Å²) in [6.45, 7) is 0. The molecule has 0 saturated heterocycles. The van der Waals surface area contributed by atoms with Gasteiger partial charge in [-0.1, -0.05) is 0 Å². The Morgan fingerprint density at radius 3 is 2.41 bits per heavy atom. The highest BCUT2D eigenvalue weighted by Crippen LogP contribution is 2.40. The lowest BCUT2D eigenvalue weighted by Crippen LogP contribution is -2.34. The number of ether oxygens (including phenoxy) is 1. The predicted molar refractivity (Wildman–Crippen MR) is 93.9 cm³/mol. The molecule has 10 heteroatoms. The Morgan fingerprint density at radius 2 is 1.89 bits per heavy atom. The van der Waals surface area contributed by atoms with Crippen molar-refractivity contribution in [3.05, 3.63) is 17.5 Å². The molecule has 1 aromatic heterocycles. The fourth-order valence-electron chi connectivity index (χ4n) is 4.37. The van der Waals surface area contributed by atoms with Gasteiger partial charge in [0.1, 0.15) is 11.9 Å². The quantitative estimate of drug-likeness (QED) is 0.809. The first-order valence-corrected chi connectivity index (χ1v) is 10.9. The van der Waals surface area contributed by atoms with E-state index in [0.717, 1.165) is 0 Å². The number of methoxy groups -OCH3 is 1. The van der Waals surface area contributed by atoms with Crippen molar-refractivity contribution >= 4 is 10.0 Å². The summed E-state index contributed by atoms with van der Waals surface area (Å²) in [7, 11) is -2.13. The van der Waals surface area contributed by atoms with Gasteiger partial charge >= 0.3 is 0 Å². The van der Waals surface area contributed by atoms with Crippen LogP contribution in [0.3, 0.4) is 0 Å². The first-order valence-electron chi connectivity index (χ1n) is 9.26. The van der Waals surface area contributed by atoms with Crippen LogP contribution >= 0.6 is 0 Å². The van der Waals surface area contributed by atoms with Gasteiger partial charge in [-0.05, 0) is 51.0 Å². The van der Waals surface area contributed by atoms with Crippen LogP contribution in [-0.2, 0) is 14.8 Å². The first-order chi connectivity index (χ1) is 12.7. The van der Waals surface area contributed by atoms with Crippen LogP contribution in [0.2, 0.25) is 0 Å². The van der Waals surface area contributed by atoms with Crippen molar-refractivity contribution in [1.82, 2.24) is 9.78 Å². The van der Waals surface area contributed by atoms with E-state index < -0.39 is 34.0 Å². The molecule has 0 radical (unpaired) electrons. The maximum atomic E-state index is 14.3. The maximum Gasteiger partial charge on any atom is 0.282 e. The molecule has 1 heterocycles. The second-order valence-corrected chi connectivity index (χ2v) is 9.40. The van der Waals surface area contributed by atoms with E-state index in [1.807, 2.05) is 0 Å². The number of hydrogen-bond acceptors (Lipinski definition) is 4. The molecule has 2 saturated carbocycles. The van der Waals surface area contributed by atoms with E-state index >= 15 is 0 Å². The van der Waals surface area contributed by atoms with Gasteiger partial charge in [0.25, 0.3) is 6.43 Å². The highest BCUT2D eigenvalue weighted by Gasteiger charge is 2.36. The zero-order chi connectivity index (χ0) is 19.8. The zero-order valence-electron chi connectivity index (χ0n) is 15.2. The monoisotopic (exact) mass is 409 g/mol. The fraction of sp³-hybridized carbons (Fsp3) is 0.824. The number of nitrogens with two attached hydrogens (primary N) is 1. The number of hydrogen-bond donors (Lipinski definition) is 1. The number of sulfonamides is 1. The van der Waals surface area contributed by atoms with Gasteiger partial charge in [-0.3, -0.25) is 4.68 Å². The lowest BCUT2D eigenvalue weighted by Gasteiger charge is -2.33. The van der Waals surface area contributed by atoms with E-state index in [2.05, 4.69) is 5.10 Å². The van der Waals surface area contributed by atoms with Gasteiger partial charge < -0.3 is 4.74 Å². The summed E-state index contributed by atoms with van der Waals surface area (Å²) < 4.78 is 70.6. The van der Waals surface area contributed by atoms with E-state index in [0.29, 0.717) is 44.2 Å². The van der Waals surface area contributed by atoms with Crippen LogP contribution in [0.25, 0.3) is 0 Å². The van der Waals surface area contributed by atoms with Crippen LogP contribution in [0.5, 0.6) is 0 Å². The fourth-order valence-corrected chi connectivity index (χ4v) is 5.30. The highest BCUT2D eigenvalue weighted by molar-refractivity contribution is 7.89. The third kappa shape index (κ3) is 4.48. The molecule has 2 aliphatic carbocycles. The Morgan fingerprint density at radius 1 is 1.22 bits per heavy atom. The number of aromatic nitrogens is 2. The van der Waals surface area contributed by atoms with E-state index in [4.69, 9.17) is 9.88 Å². The van der Waals surface area contributed by atoms with Crippen LogP contribution in [0.15, 0.2) is 6.07 Å². The standard InChI is InChI=1S/C17H26F3N3O3S/c1-26-16-7-2-10(8-13(16)18)15-9-14(17(19)20)22-23(15)11-3-5-12(6-4-11)27(21,24)25/h9-13,16-17H,2-8H2,1H3,(H2,21,24,25). The molecule has 3 atom stereocenters. The van der Waals surface area contributed by atoms with Crippen molar-refractivity contribution in [2.75, 3.05) is 7.11 Å². The summed E-state index contributed by atoms with van der Waals surface area (Å²) in [4.78, 5) is 0. The first kappa shape index (κ1) is 20.6. The average Bonchev–Trinajstić information content (AvgIpc) is 3.06. The van der Waals surface area contributed by atoms with Crippen LogP contribution in [0, 0.1) is 0 Å². The molecule has 3 rings (SSSR count). The van der Waals surface area contributed by atoms with Crippen molar-refractivity contribution in [2.24, 2.45) is 5.14 Å². The Bertz CT molecular complexity index is 748. The maximum absolute atomic E-state index is 14.3. The number of rotatable bonds is 5. The smallest absolute Gasteiger partial charge is 0.282 e. The summed E-state index contributed by atoms with van der Waals surface area (Å²) in [6, 6.07) is 1.20. The van der Waals surface area contributed by atoms with E-state index in [-0.39, 0.29) is 24.1 Å². The second kappa shape index (κ2) is 8.08. The van der Waals surface area contributed by atoms with Gasteiger partial charge in [0, 0.05) is 18.7 Å². The zero-order valence-corrected chi connectivity index (χ0v) is 16.0. The van der Waals surface area contributed by atoms with Crippen molar-refractivity contribution < 1.29 is 26.3 Å². The molecule has 2 N–H and O–H groups in total. The molecule has 0 aliphatic heterocycles. The van der Waals surface area contributed by atoms with E-state index in [1.165, 1.54) is 13.2 Å². The van der Waals surface area contributed by atoms with Gasteiger partial charge in [-0.25, -0.2) is 26.7 Å². The second-order valence-electron chi connectivity index (χ2n) is 7.56. The molecule has 2 fully saturated rings. The van der Waals surface area contributed by atoms with Crippen molar-refractivity contribution in [2.45, 2.75) is 80.9 Å². The SMILES string of the molecule is COC1CCC(c2cc(C(F)F)nn2C2CCC(S(N)(=O)=O)CC2)CC1F. The van der Waals surface area contributed by atoms with Gasteiger partial charge in [-0.15, -0.1) is 0 Å². The molecule has 0 spiro atoms. The van der Waals surface area contributed by atoms with Crippen LogP contribution in [0.1, 0.15) is 74.7 Å². The Labute approximate surface area is 157 Å². The van der Waals surface area contributed by atoms with E-state index in [1.54, 1.807) is 4.68 Å². The predicted octanol–water partition coefficient (Wildman–Crippen LogP) is 3.21. The highest BCUT2D eigenvalue weighted by atomic mass is 32.2. The van der Waals surface area contributed by atoms with Crippen molar-refractivity contribution in [1.29, 1.82) is 0 Å². The molecule has 154 valence electrons. The molecule has 1 aromatic rings. The minimum Gasteiger partial charge on any atom is -0.378 e. The van der Waals surface area contributed by atoms with Crippen LogP contribution in [0.4, 0.5) is 13.2 Å². The van der Waals surface area contributed by atoms with Gasteiger partial charge in [0.2, 0.25) is 10.0 Å². The third-order valence-electron chi connectivity index (χ3n) is 5.90. The van der Waals surface area contributed by atoms with Gasteiger partial charge in [-0.2, -0.15) is 5.10 Å². The van der Waals surface area contributed by atoms with Gasteiger partial charge in [0.05, 0.1) is 17.4 Å². The Hall–Kier alpha value is -1.13.